The van der Waals surface area contributed by atoms with Gasteiger partial charge in [0, 0.05) is 0 Å². The Morgan fingerprint density at radius 2 is 1.85 bits per heavy atom. The van der Waals surface area contributed by atoms with E-state index in [0.717, 1.165) is 12.8 Å². The number of ether oxygens (including phenoxy) is 1. The molecule has 0 bridgehead atoms. The van der Waals surface area contributed by atoms with Crippen molar-refractivity contribution in [3.05, 3.63) is 0 Å². The molecule has 3 heteroatoms. The van der Waals surface area contributed by atoms with Crippen LogP contribution in [0.2, 0.25) is 0 Å². The molecule has 4 unspecified atom stereocenters. The van der Waals surface area contributed by atoms with Gasteiger partial charge in [-0.1, -0.05) is 20.8 Å². The number of aliphatic carboxylic acids is 1. The third-order valence-corrected chi connectivity index (χ3v) is 2.99. The van der Waals surface area contributed by atoms with Gasteiger partial charge in [0.1, 0.15) is 0 Å². The Morgan fingerprint density at radius 3 is 2.15 bits per heavy atom. The molecular weight excluding hydrogens is 168 g/mol. The monoisotopic (exact) mass is 186 g/mol. The summed E-state index contributed by atoms with van der Waals surface area (Å²) >= 11 is 0. The van der Waals surface area contributed by atoms with Gasteiger partial charge in [-0.15, -0.1) is 0 Å². The number of hydrogen-bond acceptors (Lipinski definition) is 2. The van der Waals surface area contributed by atoms with E-state index in [-0.39, 0.29) is 24.0 Å². The summed E-state index contributed by atoms with van der Waals surface area (Å²) in [4.78, 5) is 11.0. The van der Waals surface area contributed by atoms with Gasteiger partial charge in [0.2, 0.25) is 0 Å². The van der Waals surface area contributed by atoms with Crippen LogP contribution in [0.4, 0.5) is 0 Å². The molecule has 0 saturated carbocycles. The molecule has 13 heavy (non-hydrogen) atoms. The van der Waals surface area contributed by atoms with Crippen molar-refractivity contribution in [2.45, 2.75) is 45.8 Å². The normalized spacial score (nSPS) is 39.3. The van der Waals surface area contributed by atoms with Gasteiger partial charge in [-0.25, -0.2) is 0 Å². The zero-order valence-corrected chi connectivity index (χ0v) is 8.49. The predicted molar refractivity (Wildman–Crippen MR) is 49.5 cm³/mol. The van der Waals surface area contributed by atoms with E-state index in [1.165, 1.54) is 0 Å². The molecule has 1 rings (SSSR count). The van der Waals surface area contributed by atoms with Gasteiger partial charge in [-0.3, -0.25) is 4.79 Å². The second-order valence-corrected chi connectivity index (χ2v) is 3.75. The average Bonchev–Trinajstić information content (AvgIpc) is 2.41. The SMILES string of the molecule is CCC1OC(CC)C(C(=O)O)C1C. The summed E-state index contributed by atoms with van der Waals surface area (Å²) in [6, 6.07) is 0. The molecule has 1 saturated heterocycles. The summed E-state index contributed by atoms with van der Waals surface area (Å²) in [7, 11) is 0. The molecule has 1 heterocycles. The maximum atomic E-state index is 11.0. The molecule has 0 amide bonds. The molecule has 0 spiro atoms. The highest BCUT2D eigenvalue weighted by Gasteiger charge is 2.44. The van der Waals surface area contributed by atoms with Crippen LogP contribution < -0.4 is 0 Å². The van der Waals surface area contributed by atoms with Crippen LogP contribution in [0.5, 0.6) is 0 Å². The summed E-state index contributed by atoms with van der Waals surface area (Å²) < 4.78 is 5.67. The first-order valence-corrected chi connectivity index (χ1v) is 5.00. The number of carboxylic acids is 1. The largest absolute Gasteiger partial charge is 0.481 e. The van der Waals surface area contributed by atoms with E-state index < -0.39 is 5.97 Å². The van der Waals surface area contributed by atoms with Gasteiger partial charge in [-0.05, 0) is 18.8 Å². The number of carbonyl (C=O) groups is 1. The molecule has 3 nitrogen and oxygen atoms in total. The van der Waals surface area contributed by atoms with Crippen LogP contribution in [-0.2, 0) is 9.53 Å². The van der Waals surface area contributed by atoms with Gasteiger partial charge < -0.3 is 9.84 Å². The van der Waals surface area contributed by atoms with E-state index in [2.05, 4.69) is 0 Å². The number of rotatable bonds is 3. The van der Waals surface area contributed by atoms with Gasteiger partial charge in [0.25, 0.3) is 0 Å². The standard InChI is InChI=1S/C10H18O3/c1-4-7-6(3)9(10(11)12)8(5-2)13-7/h6-9H,4-5H2,1-3H3,(H,11,12). The lowest BCUT2D eigenvalue weighted by Crippen LogP contribution is -2.27. The van der Waals surface area contributed by atoms with Crippen molar-refractivity contribution in [1.29, 1.82) is 0 Å². The predicted octanol–water partition coefficient (Wildman–Crippen LogP) is 1.91. The van der Waals surface area contributed by atoms with Crippen molar-refractivity contribution in [3.63, 3.8) is 0 Å². The Hall–Kier alpha value is -0.570. The fraction of sp³-hybridized carbons (Fsp3) is 0.900. The molecule has 0 aliphatic carbocycles. The van der Waals surface area contributed by atoms with Gasteiger partial charge >= 0.3 is 5.97 Å². The van der Waals surface area contributed by atoms with Crippen LogP contribution in [-0.4, -0.2) is 23.3 Å². The fourth-order valence-corrected chi connectivity index (χ4v) is 2.21. The Bertz CT molecular complexity index is 189. The lowest BCUT2D eigenvalue weighted by Gasteiger charge is -2.14. The van der Waals surface area contributed by atoms with Crippen molar-refractivity contribution in [1.82, 2.24) is 0 Å². The highest BCUT2D eigenvalue weighted by atomic mass is 16.5. The van der Waals surface area contributed by atoms with Crippen molar-refractivity contribution >= 4 is 5.97 Å². The maximum Gasteiger partial charge on any atom is 0.309 e. The van der Waals surface area contributed by atoms with E-state index in [9.17, 15) is 4.79 Å². The Labute approximate surface area is 79.1 Å². The van der Waals surface area contributed by atoms with Gasteiger partial charge in [0.15, 0.2) is 0 Å². The van der Waals surface area contributed by atoms with Crippen molar-refractivity contribution in [2.75, 3.05) is 0 Å². The molecule has 0 aromatic carbocycles. The second-order valence-electron chi connectivity index (χ2n) is 3.75. The molecule has 1 aliphatic rings. The lowest BCUT2D eigenvalue weighted by molar-refractivity contribution is -0.144. The molecular formula is C10H18O3. The van der Waals surface area contributed by atoms with Crippen molar-refractivity contribution in [3.8, 4) is 0 Å². The minimum Gasteiger partial charge on any atom is -0.481 e. The molecule has 0 radical (unpaired) electrons. The summed E-state index contributed by atoms with van der Waals surface area (Å²) in [6.45, 7) is 5.99. The molecule has 1 N–H and O–H groups in total. The van der Waals surface area contributed by atoms with Gasteiger partial charge in [0.05, 0.1) is 18.1 Å². The Balaban J connectivity index is 2.73. The summed E-state index contributed by atoms with van der Waals surface area (Å²) in [5.41, 5.74) is 0. The van der Waals surface area contributed by atoms with Crippen molar-refractivity contribution < 1.29 is 14.6 Å². The van der Waals surface area contributed by atoms with Crippen LogP contribution in [0.25, 0.3) is 0 Å². The lowest BCUT2D eigenvalue weighted by atomic mass is 9.87. The number of carboxylic acid groups (broad SMARTS) is 1. The van der Waals surface area contributed by atoms with E-state index >= 15 is 0 Å². The average molecular weight is 186 g/mol. The summed E-state index contributed by atoms with van der Waals surface area (Å²) in [5, 5.41) is 9.02. The number of hydrogen-bond donors (Lipinski definition) is 1. The fourth-order valence-electron chi connectivity index (χ4n) is 2.21. The smallest absolute Gasteiger partial charge is 0.309 e. The zero-order chi connectivity index (χ0) is 10.0. The van der Waals surface area contributed by atoms with E-state index in [1.807, 2.05) is 20.8 Å². The van der Waals surface area contributed by atoms with Gasteiger partial charge in [-0.2, -0.15) is 0 Å². The van der Waals surface area contributed by atoms with Crippen LogP contribution in [0.15, 0.2) is 0 Å². The molecule has 0 aromatic rings. The van der Waals surface area contributed by atoms with Crippen LogP contribution in [0.1, 0.15) is 33.6 Å². The summed E-state index contributed by atoms with van der Waals surface area (Å²) in [6.07, 6.45) is 1.74. The molecule has 1 fully saturated rings. The van der Waals surface area contributed by atoms with E-state index in [0.29, 0.717) is 0 Å². The Morgan fingerprint density at radius 1 is 1.31 bits per heavy atom. The third-order valence-electron chi connectivity index (χ3n) is 2.99. The highest BCUT2D eigenvalue weighted by molar-refractivity contribution is 5.71. The first-order chi connectivity index (χ1) is 6.11. The minimum atomic E-state index is -0.713. The third kappa shape index (κ3) is 1.85. The topological polar surface area (TPSA) is 46.5 Å². The quantitative estimate of drug-likeness (QED) is 0.732. The highest BCUT2D eigenvalue weighted by Crippen LogP contribution is 2.35. The van der Waals surface area contributed by atoms with E-state index in [4.69, 9.17) is 9.84 Å². The Kier molecular flexibility index (Phi) is 3.31. The zero-order valence-electron chi connectivity index (χ0n) is 8.49. The molecule has 76 valence electrons. The maximum absolute atomic E-state index is 11.0. The second kappa shape index (κ2) is 4.09. The molecule has 1 aliphatic heterocycles. The first kappa shape index (κ1) is 10.5. The summed E-state index contributed by atoms with van der Waals surface area (Å²) in [5.74, 6) is -0.877. The first-order valence-electron chi connectivity index (χ1n) is 5.00. The minimum absolute atomic E-state index is 0.0857. The van der Waals surface area contributed by atoms with E-state index in [1.54, 1.807) is 0 Å². The van der Waals surface area contributed by atoms with Crippen LogP contribution >= 0.6 is 0 Å². The van der Waals surface area contributed by atoms with Crippen LogP contribution in [0.3, 0.4) is 0 Å². The molecule has 0 aromatic heterocycles. The molecule has 4 atom stereocenters. The van der Waals surface area contributed by atoms with Crippen molar-refractivity contribution in [2.24, 2.45) is 11.8 Å². The van der Waals surface area contributed by atoms with Crippen LogP contribution in [0, 0.1) is 11.8 Å².